The molecule has 0 amide bonds. The van der Waals surface area contributed by atoms with Gasteiger partial charge in [0.05, 0.1) is 5.56 Å². The molecule has 102 valence electrons. The third kappa shape index (κ3) is 3.26. The van der Waals surface area contributed by atoms with E-state index in [0.717, 1.165) is 11.5 Å². The maximum Gasteiger partial charge on any atom is 0.144 e. The van der Waals surface area contributed by atoms with Crippen LogP contribution in [0.1, 0.15) is 50.8 Å². The molecule has 2 unspecified atom stereocenters. The normalized spacial score (nSPS) is 23.1. The lowest BCUT2D eigenvalue weighted by molar-refractivity contribution is 0.253. The molecule has 2 atom stereocenters. The number of nitrogens with one attached hydrogen (secondary N) is 1. The van der Waals surface area contributed by atoms with Crippen LogP contribution in [0.5, 0.6) is 0 Å². The minimum Gasteiger partial charge on any atom is -0.366 e. The Kier molecular flexibility index (Phi) is 4.42. The van der Waals surface area contributed by atoms with Crippen LogP contribution in [0.3, 0.4) is 0 Å². The molecule has 1 saturated carbocycles. The highest BCUT2D eigenvalue weighted by molar-refractivity contribution is 5.52. The number of rotatable bonds is 3. The van der Waals surface area contributed by atoms with Crippen LogP contribution in [0, 0.1) is 30.1 Å². The molecule has 0 aliphatic heterocycles. The fourth-order valence-corrected chi connectivity index (χ4v) is 3.07. The Bertz CT molecular complexity index is 473. The Balaban J connectivity index is 2.19. The second-order valence-corrected chi connectivity index (χ2v) is 5.90. The molecule has 19 heavy (non-hydrogen) atoms. The minimum atomic E-state index is 0.454. The van der Waals surface area contributed by atoms with E-state index < -0.39 is 0 Å². The lowest BCUT2D eigenvalue weighted by atomic mass is 9.78. The van der Waals surface area contributed by atoms with Crippen LogP contribution in [0.15, 0.2) is 12.1 Å². The van der Waals surface area contributed by atoms with Crippen LogP contribution >= 0.6 is 0 Å². The topological polar surface area (TPSA) is 48.7 Å². The van der Waals surface area contributed by atoms with E-state index in [2.05, 4.69) is 30.2 Å². The van der Waals surface area contributed by atoms with Gasteiger partial charge in [0.25, 0.3) is 0 Å². The van der Waals surface area contributed by atoms with Crippen LogP contribution in [-0.2, 0) is 0 Å². The van der Waals surface area contributed by atoms with Crippen molar-refractivity contribution in [3.05, 3.63) is 23.4 Å². The summed E-state index contributed by atoms with van der Waals surface area (Å²) in [6.07, 6.45) is 5.06. The fourth-order valence-electron chi connectivity index (χ4n) is 3.07. The molecule has 0 spiro atoms. The molecule has 1 N–H and O–H groups in total. The number of nitriles is 1. The second-order valence-electron chi connectivity index (χ2n) is 5.90. The van der Waals surface area contributed by atoms with Gasteiger partial charge in [-0.3, -0.25) is 0 Å². The highest BCUT2D eigenvalue weighted by Crippen LogP contribution is 2.32. The Morgan fingerprint density at radius 1 is 1.32 bits per heavy atom. The van der Waals surface area contributed by atoms with E-state index in [1.54, 1.807) is 0 Å². The quantitative estimate of drug-likeness (QED) is 0.893. The summed E-state index contributed by atoms with van der Waals surface area (Å²) in [5.74, 6) is 2.12. The van der Waals surface area contributed by atoms with E-state index in [1.165, 1.54) is 25.7 Å². The third-order valence-corrected chi connectivity index (χ3v) is 4.15. The molecule has 3 heteroatoms. The third-order valence-electron chi connectivity index (χ3n) is 4.15. The van der Waals surface area contributed by atoms with Gasteiger partial charge < -0.3 is 5.32 Å². The van der Waals surface area contributed by atoms with Crippen LogP contribution < -0.4 is 5.32 Å². The van der Waals surface area contributed by atoms with Crippen molar-refractivity contribution < 1.29 is 0 Å². The summed E-state index contributed by atoms with van der Waals surface area (Å²) in [5, 5.41) is 12.7. The zero-order valence-electron chi connectivity index (χ0n) is 12.1. The van der Waals surface area contributed by atoms with Crippen molar-refractivity contribution in [1.82, 2.24) is 4.98 Å². The van der Waals surface area contributed by atoms with Crippen LogP contribution in [0.25, 0.3) is 0 Å². The lowest BCUT2D eigenvalue weighted by Gasteiger charge is -2.35. The van der Waals surface area contributed by atoms with Gasteiger partial charge in [-0.25, -0.2) is 4.98 Å². The monoisotopic (exact) mass is 257 g/mol. The van der Waals surface area contributed by atoms with Crippen LogP contribution in [0.4, 0.5) is 5.82 Å². The molecule has 0 bridgehead atoms. The Hall–Kier alpha value is -1.56. The van der Waals surface area contributed by atoms with Gasteiger partial charge in [-0.15, -0.1) is 0 Å². The molecule has 0 radical (unpaired) electrons. The van der Waals surface area contributed by atoms with Crippen LogP contribution in [0.2, 0.25) is 0 Å². The van der Waals surface area contributed by atoms with E-state index in [4.69, 9.17) is 0 Å². The molecular weight excluding hydrogens is 234 g/mol. The van der Waals surface area contributed by atoms with Gasteiger partial charge in [-0.05, 0) is 43.7 Å². The number of hydrogen-bond donors (Lipinski definition) is 1. The molecule has 1 aromatic heterocycles. The zero-order valence-corrected chi connectivity index (χ0v) is 12.1. The molecule has 0 saturated heterocycles. The molecular formula is C16H23N3. The van der Waals surface area contributed by atoms with Crippen molar-refractivity contribution in [2.75, 3.05) is 5.32 Å². The maximum absolute atomic E-state index is 9.18. The Morgan fingerprint density at radius 3 is 2.74 bits per heavy atom. The van der Waals surface area contributed by atoms with Crippen LogP contribution in [-0.4, -0.2) is 11.0 Å². The molecule has 1 aromatic rings. The summed E-state index contributed by atoms with van der Waals surface area (Å²) >= 11 is 0. The van der Waals surface area contributed by atoms with Gasteiger partial charge in [0.15, 0.2) is 0 Å². The zero-order chi connectivity index (χ0) is 13.8. The van der Waals surface area contributed by atoms with Gasteiger partial charge in [-0.1, -0.05) is 26.7 Å². The number of pyridine rings is 1. The summed E-state index contributed by atoms with van der Waals surface area (Å²) in [5.41, 5.74) is 1.61. The van der Waals surface area contributed by atoms with Crippen molar-refractivity contribution in [3.63, 3.8) is 0 Å². The van der Waals surface area contributed by atoms with Crippen molar-refractivity contribution in [3.8, 4) is 6.07 Å². The largest absolute Gasteiger partial charge is 0.366 e. The predicted octanol–water partition coefficient (Wildman–Crippen LogP) is 3.89. The van der Waals surface area contributed by atoms with Crippen molar-refractivity contribution in [1.29, 1.82) is 5.26 Å². The number of anilines is 1. The molecule has 1 fully saturated rings. The van der Waals surface area contributed by atoms with Gasteiger partial charge in [0, 0.05) is 11.7 Å². The Morgan fingerprint density at radius 2 is 2.05 bits per heavy atom. The van der Waals surface area contributed by atoms with Gasteiger partial charge in [0.1, 0.15) is 11.9 Å². The van der Waals surface area contributed by atoms with E-state index in [9.17, 15) is 5.26 Å². The highest BCUT2D eigenvalue weighted by atomic mass is 15.0. The van der Waals surface area contributed by atoms with E-state index in [0.29, 0.717) is 23.4 Å². The number of aromatic nitrogens is 1. The summed E-state index contributed by atoms with van der Waals surface area (Å²) in [6.45, 7) is 6.55. The molecule has 1 aliphatic carbocycles. The highest BCUT2D eigenvalue weighted by Gasteiger charge is 2.28. The summed E-state index contributed by atoms with van der Waals surface area (Å²) in [7, 11) is 0. The first-order valence-electron chi connectivity index (χ1n) is 7.26. The van der Waals surface area contributed by atoms with Crippen molar-refractivity contribution in [2.45, 2.75) is 52.5 Å². The molecule has 1 aliphatic rings. The average Bonchev–Trinajstić information content (AvgIpc) is 2.39. The van der Waals surface area contributed by atoms with E-state index in [-0.39, 0.29) is 0 Å². The lowest BCUT2D eigenvalue weighted by Crippen LogP contribution is -2.35. The standard InChI is InChI=1S/C16H23N3/c1-11(2)14-6-4-5-7-15(14)19-16-13(10-17)9-8-12(3)18-16/h8-9,11,14-15H,4-7H2,1-3H3,(H,18,19). The first kappa shape index (κ1) is 13.9. The summed E-state index contributed by atoms with van der Waals surface area (Å²) < 4.78 is 0. The van der Waals surface area contributed by atoms with E-state index >= 15 is 0 Å². The number of aryl methyl sites for hydroxylation is 1. The minimum absolute atomic E-state index is 0.454. The molecule has 0 aromatic carbocycles. The smallest absolute Gasteiger partial charge is 0.144 e. The Labute approximate surface area is 116 Å². The van der Waals surface area contributed by atoms with Crippen molar-refractivity contribution >= 4 is 5.82 Å². The van der Waals surface area contributed by atoms with Gasteiger partial charge in [0.2, 0.25) is 0 Å². The first-order chi connectivity index (χ1) is 9.11. The number of hydrogen-bond acceptors (Lipinski definition) is 3. The number of nitrogens with zero attached hydrogens (tertiary/aromatic N) is 2. The van der Waals surface area contributed by atoms with Gasteiger partial charge >= 0.3 is 0 Å². The summed E-state index contributed by atoms with van der Waals surface area (Å²) in [6, 6.07) is 6.44. The van der Waals surface area contributed by atoms with Gasteiger partial charge in [-0.2, -0.15) is 5.26 Å². The first-order valence-corrected chi connectivity index (χ1v) is 7.26. The van der Waals surface area contributed by atoms with E-state index in [1.807, 2.05) is 19.1 Å². The summed E-state index contributed by atoms with van der Waals surface area (Å²) in [4.78, 5) is 4.50. The second kappa shape index (κ2) is 6.06. The fraction of sp³-hybridized carbons (Fsp3) is 0.625. The SMILES string of the molecule is Cc1ccc(C#N)c(NC2CCCCC2C(C)C)n1. The average molecular weight is 257 g/mol. The predicted molar refractivity (Wildman–Crippen MR) is 77.9 cm³/mol. The molecule has 1 heterocycles. The maximum atomic E-state index is 9.18. The molecule has 3 nitrogen and oxygen atoms in total. The van der Waals surface area contributed by atoms with Crippen molar-refractivity contribution in [2.24, 2.45) is 11.8 Å². The molecule has 2 rings (SSSR count).